The fourth-order valence-electron chi connectivity index (χ4n) is 1.67. The molecule has 1 heterocycles. The van der Waals surface area contributed by atoms with E-state index in [2.05, 4.69) is 10.3 Å². The van der Waals surface area contributed by atoms with Gasteiger partial charge in [0.05, 0.1) is 16.8 Å². The quantitative estimate of drug-likeness (QED) is 0.535. The number of benzene rings is 1. The summed E-state index contributed by atoms with van der Waals surface area (Å²) in [7, 11) is 0. The van der Waals surface area contributed by atoms with Crippen LogP contribution in [0.1, 0.15) is 15.9 Å². The van der Waals surface area contributed by atoms with Crippen LogP contribution in [0.5, 0.6) is 0 Å². The van der Waals surface area contributed by atoms with Crippen LogP contribution in [0.3, 0.4) is 0 Å². The number of amides is 1. The van der Waals surface area contributed by atoms with Gasteiger partial charge in [-0.15, -0.1) is 0 Å². The molecule has 0 radical (unpaired) electrons. The van der Waals surface area contributed by atoms with Crippen LogP contribution in [0.15, 0.2) is 30.5 Å². The highest BCUT2D eigenvalue weighted by Crippen LogP contribution is 2.22. The minimum absolute atomic E-state index is 0.282. The molecule has 0 aliphatic heterocycles. The third-order valence-corrected chi connectivity index (χ3v) is 3.07. The summed E-state index contributed by atoms with van der Waals surface area (Å²) < 4.78 is 13.2. The molecule has 0 spiro atoms. The van der Waals surface area contributed by atoms with Gasteiger partial charge in [-0.25, -0.2) is 9.37 Å². The van der Waals surface area contributed by atoms with E-state index >= 15 is 0 Å². The average molecular weight is 310 g/mol. The van der Waals surface area contributed by atoms with Crippen molar-refractivity contribution in [3.8, 4) is 0 Å². The number of hydrogen-bond acceptors (Lipinski definition) is 4. The molecule has 0 unspecified atom stereocenters. The maximum Gasteiger partial charge on any atom is 0.282 e. The molecule has 2 aromatic rings. The summed E-state index contributed by atoms with van der Waals surface area (Å²) in [6.45, 7) is 1.69. The van der Waals surface area contributed by atoms with E-state index in [-0.39, 0.29) is 10.7 Å². The molecule has 0 fully saturated rings. The van der Waals surface area contributed by atoms with Gasteiger partial charge in [-0.2, -0.15) is 0 Å². The van der Waals surface area contributed by atoms with Crippen LogP contribution >= 0.6 is 11.6 Å². The standard InChI is InChI=1S/C13H9ClFN3O3/c1-7-4-9(6-16-12(7)14)17-13(19)10-5-8(15)2-3-11(10)18(20)21/h2-6H,1H3,(H,17,19). The number of nitro groups is 1. The molecule has 0 saturated heterocycles. The van der Waals surface area contributed by atoms with Crippen molar-refractivity contribution >= 4 is 28.9 Å². The molecule has 1 amide bonds. The van der Waals surface area contributed by atoms with E-state index in [1.807, 2.05) is 0 Å². The molecule has 1 aromatic carbocycles. The van der Waals surface area contributed by atoms with Gasteiger partial charge < -0.3 is 5.32 Å². The molecule has 8 heteroatoms. The highest BCUT2D eigenvalue weighted by Gasteiger charge is 2.21. The highest BCUT2D eigenvalue weighted by atomic mass is 35.5. The number of aryl methyl sites for hydroxylation is 1. The number of carbonyl (C=O) groups excluding carboxylic acids is 1. The third kappa shape index (κ3) is 3.32. The van der Waals surface area contributed by atoms with Gasteiger partial charge in [0.25, 0.3) is 11.6 Å². The third-order valence-electron chi connectivity index (χ3n) is 2.67. The van der Waals surface area contributed by atoms with Crippen LogP contribution < -0.4 is 5.32 Å². The zero-order chi connectivity index (χ0) is 15.6. The van der Waals surface area contributed by atoms with Crippen LogP contribution in [0, 0.1) is 22.9 Å². The predicted octanol–water partition coefficient (Wildman–Crippen LogP) is 3.34. The van der Waals surface area contributed by atoms with Gasteiger partial charge in [0, 0.05) is 6.07 Å². The first-order valence-corrected chi connectivity index (χ1v) is 6.13. The summed E-state index contributed by atoms with van der Waals surface area (Å²) >= 11 is 5.76. The lowest BCUT2D eigenvalue weighted by Crippen LogP contribution is -2.14. The fraction of sp³-hybridized carbons (Fsp3) is 0.0769. The largest absolute Gasteiger partial charge is 0.320 e. The van der Waals surface area contributed by atoms with E-state index in [4.69, 9.17) is 11.6 Å². The van der Waals surface area contributed by atoms with Crippen molar-refractivity contribution < 1.29 is 14.1 Å². The number of nitrogens with zero attached hydrogens (tertiary/aromatic N) is 2. The molecule has 0 bridgehead atoms. The maximum absolute atomic E-state index is 13.2. The number of hydrogen-bond donors (Lipinski definition) is 1. The van der Waals surface area contributed by atoms with Crippen molar-refractivity contribution in [3.05, 3.63) is 62.7 Å². The smallest absolute Gasteiger partial charge is 0.282 e. The molecular formula is C13H9ClFN3O3. The van der Waals surface area contributed by atoms with Gasteiger partial charge in [0.2, 0.25) is 0 Å². The first-order valence-electron chi connectivity index (χ1n) is 5.76. The van der Waals surface area contributed by atoms with Crippen molar-refractivity contribution in [3.63, 3.8) is 0 Å². The van der Waals surface area contributed by atoms with Crippen molar-refractivity contribution in [1.82, 2.24) is 4.98 Å². The fourth-order valence-corrected chi connectivity index (χ4v) is 1.78. The summed E-state index contributed by atoms with van der Waals surface area (Å²) in [5.74, 6) is -1.54. The number of anilines is 1. The van der Waals surface area contributed by atoms with Crippen LogP contribution in [0.2, 0.25) is 5.15 Å². The minimum atomic E-state index is -0.801. The van der Waals surface area contributed by atoms with Crippen LogP contribution in [0.25, 0.3) is 0 Å². The van der Waals surface area contributed by atoms with E-state index in [1.54, 1.807) is 13.0 Å². The Morgan fingerprint density at radius 1 is 1.43 bits per heavy atom. The number of rotatable bonds is 3. The maximum atomic E-state index is 13.2. The topological polar surface area (TPSA) is 85.1 Å². The second-order valence-electron chi connectivity index (χ2n) is 4.20. The summed E-state index contributed by atoms with van der Waals surface area (Å²) in [4.78, 5) is 26.0. The Labute approximate surface area is 123 Å². The second kappa shape index (κ2) is 5.84. The SMILES string of the molecule is Cc1cc(NC(=O)c2cc(F)ccc2[N+](=O)[O-])cnc1Cl. The Kier molecular flexibility index (Phi) is 4.13. The van der Waals surface area contributed by atoms with Crippen LogP contribution in [-0.4, -0.2) is 15.8 Å². The van der Waals surface area contributed by atoms with Gasteiger partial charge in [0.15, 0.2) is 0 Å². The Balaban J connectivity index is 2.34. The minimum Gasteiger partial charge on any atom is -0.320 e. The van der Waals surface area contributed by atoms with Gasteiger partial charge in [-0.05, 0) is 30.7 Å². The van der Waals surface area contributed by atoms with Crippen molar-refractivity contribution in [1.29, 1.82) is 0 Å². The Morgan fingerprint density at radius 3 is 2.76 bits per heavy atom. The van der Waals surface area contributed by atoms with E-state index < -0.39 is 22.3 Å². The van der Waals surface area contributed by atoms with Crippen molar-refractivity contribution in [2.45, 2.75) is 6.92 Å². The number of halogens is 2. The number of pyridine rings is 1. The molecule has 1 aromatic heterocycles. The highest BCUT2D eigenvalue weighted by molar-refractivity contribution is 6.30. The zero-order valence-electron chi connectivity index (χ0n) is 10.8. The van der Waals surface area contributed by atoms with Crippen LogP contribution in [0.4, 0.5) is 15.8 Å². The summed E-state index contributed by atoms with van der Waals surface area (Å²) in [5, 5.41) is 13.6. The molecule has 0 aliphatic carbocycles. The lowest BCUT2D eigenvalue weighted by Gasteiger charge is -2.07. The molecule has 0 atom stereocenters. The molecule has 6 nitrogen and oxygen atoms in total. The van der Waals surface area contributed by atoms with E-state index in [1.165, 1.54) is 6.20 Å². The predicted molar refractivity (Wildman–Crippen MR) is 75.0 cm³/mol. The zero-order valence-corrected chi connectivity index (χ0v) is 11.5. The molecule has 0 aliphatic rings. The molecule has 1 N–H and O–H groups in total. The summed E-state index contributed by atoms with van der Waals surface area (Å²) in [6, 6.07) is 4.22. The van der Waals surface area contributed by atoms with Crippen molar-refractivity contribution in [2.75, 3.05) is 5.32 Å². The van der Waals surface area contributed by atoms with Crippen molar-refractivity contribution in [2.24, 2.45) is 0 Å². The Bertz CT molecular complexity index is 737. The lowest BCUT2D eigenvalue weighted by molar-refractivity contribution is -0.385. The van der Waals surface area contributed by atoms with Gasteiger partial charge >= 0.3 is 0 Å². The van der Waals surface area contributed by atoms with Crippen LogP contribution in [-0.2, 0) is 0 Å². The Hall–Kier alpha value is -2.54. The molecule has 108 valence electrons. The van der Waals surface area contributed by atoms with Gasteiger partial charge in [0.1, 0.15) is 16.5 Å². The first kappa shape index (κ1) is 14.9. The monoisotopic (exact) mass is 309 g/mol. The van der Waals surface area contributed by atoms with Gasteiger partial charge in [-0.3, -0.25) is 14.9 Å². The summed E-state index contributed by atoms with van der Waals surface area (Å²) in [5.41, 5.74) is 0.0869. The van der Waals surface area contributed by atoms with E-state index in [0.29, 0.717) is 11.3 Å². The van der Waals surface area contributed by atoms with Gasteiger partial charge in [-0.1, -0.05) is 11.6 Å². The number of aromatic nitrogens is 1. The summed E-state index contributed by atoms with van der Waals surface area (Å²) in [6.07, 6.45) is 1.30. The van der Waals surface area contributed by atoms with E-state index in [0.717, 1.165) is 18.2 Å². The normalized spacial score (nSPS) is 10.2. The van der Waals surface area contributed by atoms with E-state index in [9.17, 15) is 19.3 Å². The number of nitrogens with one attached hydrogen (secondary N) is 1. The lowest BCUT2D eigenvalue weighted by atomic mass is 10.1. The molecule has 21 heavy (non-hydrogen) atoms. The molecular weight excluding hydrogens is 301 g/mol. The first-order chi connectivity index (χ1) is 9.88. The Morgan fingerprint density at radius 2 is 2.14 bits per heavy atom. The molecule has 0 saturated carbocycles. The average Bonchev–Trinajstić information content (AvgIpc) is 2.42. The molecule has 2 rings (SSSR count). The number of carbonyl (C=O) groups is 1. The number of nitro benzene ring substituents is 1. The second-order valence-corrected chi connectivity index (χ2v) is 4.56.